The molecule has 1 saturated carbocycles. The molecule has 4 rings (SSSR count). The third-order valence-corrected chi connectivity index (χ3v) is 7.59. The van der Waals surface area contributed by atoms with Gasteiger partial charge >= 0.3 is 0 Å². The molecule has 1 unspecified atom stereocenters. The minimum atomic E-state index is 0. The summed E-state index contributed by atoms with van der Waals surface area (Å²) < 4.78 is 0. The molecule has 0 bridgehead atoms. The van der Waals surface area contributed by atoms with Crippen LogP contribution in [0.1, 0.15) is 43.4 Å². The summed E-state index contributed by atoms with van der Waals surface area (Å²) in [6.45, 7) is 5.48. The molecular weight excluding hydrogens is 467 g/mol. The molecule has 3 heterocycles. The Bertz CT molecular complexity index is 629. The Hall–Kier alpha value is -0.600. The van der Waals surface area contributed by atoms with Gasteiger partial charge in [0.25, 0.3) is 0 Å². The van der Waals surface area contributed by atoms with Crippen molar-refractivity contribution in [1.29, 1.82) is 0 Å². The summed E-state index contributed by atoms with van der Waals surface area (Å²) in [4.78, 5) is 11.2. The molecule has 4 nitrogen and oxygen atoms in total. The molecule has 6 heteroatoms. The van der Waals surface area contributed by atoms with E-state index in [0.29, 0.717) is 11.5 Å². The van der Waals surface area contributed by atoms with Crippen LogP contribution in [0.25, 0.3) is 0 Å². The SMILES string of the molecule is CN=C(NCC1(c2cccs2)CCCCC1)N1CCC(N2CC=CC2)C1.I. The van der Waals surface area contributed by atoms with Gasteiger partial charge in [-0.2, -0.15) is 0 Å². The third kappa shape index (κ3) is 4.70. The second-order valence-electron chi connectivity index (χ2n) is 8.03. The van der Waals surface area contributed by atoms with Crippen LogP contribution in [-0.2, 0) is 5.41 Å². The lowest BCUT2D eigenvalue weighted by Crippen LogP contribution is -2.48. The number of guanidine groups is 1. The molecule has 0 amide bonds. The summed E-state index contributed by atoms with van der Waals surface area (Å²) in [6, 6.07) is 5.22. The van der Waals surface area contributed by atoms with Gasteiger partial charge in [-0.1, -0.05) is 37.5 Å². The molecule has 1 saturated heterocycles. The van der Waals surface area contributed by atoms with E-state index in [1.165, 1.54) is 38.5 Å². The fourth-order valence-electron chi connectivity index (χ4n) is 4.92. The highest BCUT2D eigenvalue weighted by atomic mass is 127. The van der Waals surface area contributed by atoms with Crippen LogP contribution in [0.3, 0.4) is 0 Å². The van der Waals surface area contributed by atoms with Crippen molar-refractivity contribution in [3.8, 4) is 0 Å². The van der Waals surface area contributed by atoms with Gasteiger partial charge in [-0.15, -0.1) is 35.3 Å². The molecular formula is C21H33IN4S. The Kier molecular flexibility index (Phi) is 7.62. The minimum Gasteiger partial charge on any atom is -0.355 e. The topological polar surface area (TPSA) is 30.9 Å². The first-order valence-corrected chi connectivity index (χ1v) is 11.1. The maximum atomic E-state index is 4.63. The number of nitrogens with zero attached hydrogens (tertiary/aromatic N) is 3. The third-order valence-electron chi connectivity index (χ3n) is 6.48. The normalized spacial score (nSPS) is 25.6. The fourth-order valence-corrected chi connectivity index (χ4v) is 5.91. The van der Waals surface area contributed by atoms with Crippen molar-refractivity contribution in [3.05, 3.63) is 34.5 Å². The molecule has 1 aromatic rings. The van der Waals surface area contributed by atoms with Crippen LogP contribution in [-0.4, -0.2) is 61.6 Å². The van der Waals surface area contributed by atoms with Crippen molar-refractivity contribution in [2.75, 3.05) is 39.8 Å². The molecule has 1 N–H and O–H groups in total. The second-order valence-corrected chi connectivity index (χ2v) is 8.98. The number of aliphatic imine (C=N–C) groups is 1. The Morgan fingerprint density at radius 2 is 2.04 bits per heavy atom. The predicted octanol–water partition coefficient (Wildman–Crippen LogP) is 4.09. The summed E-state index contributed by atoms with van der Waals surface area (Å²) in [5.41, 5.74) is 0.306. The molecule has 1 aliphatic carbocycles. The van der Waals surface area contributed by atoms with E-state index in [9.17, 15) is 0 Å². The maximum Gasteiger partial charge on any atom is 0.193 e. The van der Waals surface area contributed by atoms with Crippen LogP contribution in [0.4, 0.5) is 0 Å². The van der Waals surface area contributed by atoms with Gasteiger partial charge < -0.3 is 10.2 Å². The molecule has 1 aromatic heterocycles. The number of halogens is 1. The van der Waals surface area contributed by atoms with Crippen LogP contribution in [0, 0.1) is 0 Å². The standard InChI is InChI=1S/C21H32N4S.HI/c1-22-20(25-14-9-18(16-25)24-12-5-6-13-24)23-17-21(10-3-2-4-11-21)19-8-7-15-26-19;/h5-8,15,18H,2-4,9-14,16-17H2,1H3,(H,22,23);1H. The molecule has 2 fully saturated rings. The maximum absolute atomic E-state index is 4.63. The van der Waals surface area contributed by atoms with Crippen LogP contribution in [0.2, 0.25) is 0 Å². The highest BCUT2D eigenvalue weighted by molar-refractivity contribution is 14.0. The van der Waals surface area contributed by atoms with Crippen molar-refractivity contribution < 1.29 is 0 Å². The zero-order chi connectivity index (χ0) is 17.8. The van der Waals surface area contributed by atoms with E-state index in [-0.39, 0.29) is 24.0 Å². The van der Waals surface area contributed by atoms with E-state index >= 15 is 0 Å². The Labute approximate surface area is 185 Å². The van der Waals surface area contributed by atoms with Gasteiger partial charge in [0.15, 0.2) is 5.96 Å². The first-order chi connectivity index (χ1) is 12.8. The summed E-state index contributed by atoms with van der Waals surface area (Å²) in [5, 5.41) is 6.00. The zero-order valence-corrected chi connectivity index (χ0v) is 19.5. The Morgan fingerprint density at radius 1 is 1.26 bits per heavy atom. The van der Waals surface area contributed by atoms with Crippen molar-refractivity contribution in [3.63, 3.8) is 0 Å². The molecule has 150 valence electrons. The smallest absolute Gasteiger partial charge is 0.193 e. The van der Waals surface area contributed by atoms with Crippen LogP contribution < -0.4 is 5.32 Å². The average Bonchev–Trinajstić information content (AvgIpc) is 3.44. The number of rotatable bonds is 4. The van der Waals surface area contributed by atoms with Crippen molar-refractivity contribution in [2.24, 2.45) is 4.99 Å². The van der Waals surface area contributed by atoms with Gasteiger partial charge in [-0.05, 0) is 30.7 Å². The van der Waals surface area contributed by atoms with E-state index in [1.807, 2.05) is 18.4 Å². The molecule has 3 aliphatic rings. The number of likely N-dealkylation sites (tertiary alicyclic amines) is 1. The largest absolute Gasteiger partial charge is 0.355 e. The molecule has 1 atom stereocenters. The van der Waals surface area contributed by atoms with Gasteiger partial charge in [0.2, 0.25) is 0 Å². The summed E-state index contributed by atoms with van der Waals surface area (Å²) in [7, 11) is 1.94. The van der Waals surface area contributed by atoms with Crippen LogP contribution in [0.5, 0.6) is 0 Å². The lowest BCUT2D eigenvalue weighted by Gasteiger charge is -2.38. The van der Waals surface area contributed by atoms with Crippen molar-refractivity contribution in [2.45, 2.75) is 50.0 Å². The van der Waals surface area contributed by atoms with Gasteiger partial charge in [-0.3, -0.25) is 9.89 Å². The molecule has 0 aromatic carbocycles. The number of hydrogen-bond donors (Lipinski definition) is 1. The molecule has 2 aliphatic heterocycles. The predicted molar refractivity (Wildman–Crippen MR) is 127 cm³/mol. The van der Waals surface area contributed by atoms with E-state index in [4.69, 9.17) is 0 Å². The highest BCUT2D eigenvalue weighted by Crippen LogP contribution is 2.41. The highest BCUT2D eigenvalue weighted by Gasteiger charge is 2.36. The Morgan fingerprint density at radius 3 is 2.70 bits per heavy atom. The van der Waals surface area contributed by atoms with E-state index in [1.54, 1.807) is 4.88 Å². The molecule has 0 spiro atoms. The van der Waals surface area contributed by atoms with E-state index in [2.05, 4.69) is 49.8 Å². The lowest BCUT2D eigenvalue weighted by molar-refractivity contribution is 0.258. The molecule has 0 radical (unpaired) electrons. The number of hydrogen-bond acceptors (Lipinski definition) is 3. The van der Waals surface area contributed by atoms with Gasteiger partial charge in [0, 0.05) is 56.1 Å². The minimum absolute atomic E-state index is 0. The summed E-state index contributed by atoms with van der Waals surface area (Å²) >= 11 is 1.93. The quantitative estimate of drug-likeness (QED) is 0.293. The fraction of sp³-hybridized carbons (Fsp3) is 0.667. The summed E-state index contributed by atoms with van der Waals surface area (Å²) in [6.07, 6.45) is 12.5. The van der Waals surface area contributed by atoms with Crippen LogP contribution >= 0.6 is 35.3 Å². The zero-order valence-electron chi connectivity index (χ0n) is 16.4. The number of thiophene rings is 1. The van der Waals surface area contributed by atoms with Gasteiger partial charge in [0.05, 0.1) is 0 Å². The van der Waals surface area contributed by atoms with Gasteiger partial charge in [-0.25, -0.2) is 0 Å². The van der Waals surface area contributed by atoms with Crippen LogP contribution in [0.15, 0.2) is 34.7 Å². The lowest BCUT2D eigenvalue weighted by atomic mass is 9.73. The second kappa shape index (κ2) is 9.74. The monoisotopic (exact) mass is 500 g/mol. The van der Waals surface area contributed by atoms with E-state index in [0.717, 1.165) is 38.7 Å². The van der Waals surface area contributed by atoms with Crippen molar-refractivity contribution in [1.82, 2.24) is 15.1 Å². The van der Waals surface area contributed by atoms with Crippen molar-refractivity contribution >= 4 is 41.3 Å². The summed E-state index contributed by atoms with van der Waals surface area (Å²) in [5.74, 6) is 1.10. The average molecular weight is 500 g/mol. The number of nitrogens with one attached hydrogen (secondary N) is 1. The van der Waals surface area contributed by atoms with Gasteiger partial charge in [0.1, 0.15) is 0 Å². The molecule has 27 heavy (non-hydrogen) atoms. The van der Waals surface area contributed by atoms with E-state index < -0.39 is 0 Å². The first kappa shape index (κ1) is 21.1. The Balaban J connectivity index is 0.00000210. The first-order valence-electron chi connectivity index (χ1n) is 10.2.